The first-order valence-electron chi connectivity index (χ1n) is 8.82. The predicted octanol–water partition coefficient (Wildman–Crippen LogP) is 1.49. The van der Waals surface area contributed by atoms with Gasteiger partial charge in [-0.25, -0.2) is 13.8 Å². The molecule has 2 aromatic rings. The van der Waals surface area contributed by atoms with Gasteiger partial charge < -0.3 is 14.8 Å². The molecule has 1 fully saturated rings. The van der Waals surface area contributed by atoms with Gasteiger partial charge in [0, 0.05) is 43.2 Å². The number of aromatic nitrogens is 2. The fourth-order valence-corrected chi connectivity index (χ4v) is 4.65. The Morgan fingerprint density at radius 1 is 1.33 bits per heavy atom. The van der Waals surface area contributed by atoms with Crippen molar-refractivity contribution in [3.63, 3.8) is 0 Å². The molecular formula is C17H23ClN5NaO5S. The van der Waals surface area contributed by atoms with Crippen molar-refractivity contribution in [1.29, 1.82) is 0 Å². The molecule has 1 aromatic carbocycles. The van der Waals surface area contributed by atoms with Crippen LogP contribution < -0.4 is 19.1 Å². The Bertz CT molecular complexity index is 981. The van der Waals surface area contributed by atoms with E-state index in [0.29, 0.717) is 48.2 Å². The third kappa shape index (κ3) is 6.25. The molecule has 2 amide bonds. The Morgan fingerprint density at radius 2 is 2.03 bits per heavy atom. The Balaban J connectivity index is 0.00000320. The van der Waals surface area contributed by atoms with E-state index in [0.717, 1.165) is 0 Å². The molecule has 0 aliphatic carbocycles. The number of anilines is 2. The number of nitrogens with zero attached hydrogens (tertiary/aromatic N) is 3. The summed E-state index contributed by atoms with van der Waals surface area (Å²) in [5.41, 5.74) is 0.658. The molecule has 2 N–H and O–H groups in total. The number of carbonyl (C=O) groups is 1. The standard InChI is InChI=1S/C17H22ClN5O5S.Na.H/c1-22-11-15(10-19-22)23(14-3-5-28-6-4-14)29(25,26)21-17(24)20-13-7-12(18)8-16(9-13)27-2;;/h7-11,14H,3-6H2,1-2H3,(H2,20,21,24);;. The van der Waals surface area contributed by atoms with Gasteiger partial charge in [0.25, 0.3) is 0 Å². The van der Waals surface area contributed by atoms with E-state index in [1.807, 2.05) is 0 Å². The van der Waals surface area contributed by atoms with Crippen LogP contribution in [0.15, 0.2) is 30.6 Å². The second kappa shape index (κ2) is 10.7. The van der Waals surface area contributed by atoms with E-state index >= 15 is 0 Å². The maximum absolute atomic E-state index is 13.1. The minimum atomic E-state index is -4.21. The van der Waals surface area contributed by atoms with Crippen molar-refractivity contribution in [2.45, 2.75) is 18.9 Å². The molecule has 0 spiro atoms. The molecule has 0 bridgehead atoms. The quantitative estimate of drug-likeness (QED) is 0.622. The molecule has 0 atom stereocenters. The molecular weight excluding hydrogens is 445 g/mol. The fraction of sp³-hybridized carbons (Fsp3) is 0.412. The van der Waals surface area contributed by atoms with Gasteiger partial charge in [-0.3, -0.25) is 4.68 Å². The number of carbonyl (C=O) groups excluding carboxylic acids is 1. The van der Waals surface area contributed by atoms with Gasteiger partial charge in [0.2, 0.25) is 0 Å². The first-order chi connectivity index (χ1) is 13.8. The van der Waals surface area contributed by atoms with E-state index in [1.165, 1.54) is 34.4 Å². The molecule has 10 nitrogen and oxygen atoms in total. The third-order valence-corrected chi connectivity index (χ3v) is 6.00. The number of halogens is 1. The summed E-state index contributed by atoms with van der Waals surface area (Å²) in [4.78, 5) is 12.4. The van der Waals surface area contributed by atoms with E-state index in [1.54, 1.807) is 19.3 Å². The molecule has 1 aliphatic rings. The van der Waals surface area contributed by atoms with Crippen LogP contribution in [0.25, 0.3) is 0 Å². The summed E-state index contributed by atoms with van der Waals surface area (Å²) in [5, 5.41) is 6.84. The Hall–Kier alpha value is -1.50. The number of aryl methyl sites for hydroxylation is 1. The van der Waals surface area contributed by atoms with E-state index in [2.05, 4.69) is 15.1 Å². The van der Waals surface area contributed by atoms with Gasteiger partial charge in [-0.05, 0) is 25.0 Å². The number of ether oxygens (including phenoxy) is 2. The summed E-state index contributed by atoms with van der Waals surface area (Å²) in [7, 11) is -1.07. The van der Waals surface area contributed by atoms with Crippen molar-refractivity contribution in [3.8, 4) is 5.75 Å². The first kappa shape index (κ1) is 24.8. The van der Waals surface area contributed by atoms with Gasteiger partial charge in [-0.15, -0.1) is 0 Å². The summed E-state index contributed by atoms with van der Waals surface area (Å²) < 4.78 is 41.3. The SMILES string of the molecule is COc1cc(Cl)cc(NC(=O)NS(=O)(=O)N(c2cnn(C)c2)C2CCOCC2)c1.[NaH]. The van der Waals surface area contributed by atoms with Crippen molar-refractivity contribution in [2.75, 3.05) is 29.9 Å². The fourth-order valence-electron chi connectivity index (χ4n) is 3.06. The number of hydrogen-bond acceptors (Lipinski definition) is 6. The van der Waals surface area contributed by atoms with E-state index in [9.17, 15) is 13.2 Å². The van der Waals surface area contributed by atoms with Gasteiger partial charge in [0.15, 0.2) is 0 Å². The number of rotatable bonds is 6. The summed E-state index contributed by atoms with van der Waals surface area (Å²) >= 11 is 5.98. The zero-order chi connectivity index (χ0) is 21.0. The van der Waals surface area contributed by atoms with Crippen molar-refractivity contribution < 1.29 is 22.7 Å². The van der Waals surface area contributed by atoms with Crippen LogP contribution in [-0.2, 0) is 22.0 Å². The average Bonchev–Trinajstić information content (AvgIpc) is 3.06. The van der Waals surface area contributed by atoms with Gasteiger partial charge in [0.05, 0.1) is 25.0 Å². The molecule has 0 radical (unpaired) electrons. The summed E-state index contributed by atoms with van der Waals surface area (Å²) in [5.74, 6) is 0.426. The zero-order valence-electron chi connectivity index (χ0n) is 16.0. The number of amides is 2. The summed E-state index contributed by atoms with van der Waals surface area (Å²) in [6, 6.07) is 3.29. The zero-order valence-corrected chi connectivity index (χ0v) is 17.5. The average molecular weight is 468 g/mol. The molecule has 160 valence electrons. The second-order valence-corrected chi connectivity index (χ2v) is 8.44. The van der Waals surface area contributed by atoms with Gasteiger partial charge in [-0.1, -0.05) is 11.6 Å². The monoisotopic (exact) mass is 467 g/mol. The Morgan fingerprint density at radius 3 is 2.63 bits per heavy atom. The van der Waals surface area contributed by atoms with Crippen molar-refractivity contribution in [1.82, 2.24) is 14.5 Å². The number of hydrogen-bond donors (Lipinski definition) is 2. The number of methoxy groups -OCH3 is 1. The van der Waals surface area contributed by atoms with Crippen LogP contribution in [0.1, 0.15) is 12.8 Å². The molecule has 3 rings (SSSR count). The van der Waals surface area contributed by atoms with Gasteiger partial charge in [-0.2, -0.15) is 13.5 Å². The second-order valence-electron chi connectivity index (χ2n) is 6.45. The Kier molecular flexibility index (Phi) is 8.83. The van der Waals surface area contributed by atoms with Crippen LogP contribution in [0.5, 0.6) is 5.75 Å². The van der Waals surface area contributed by atoms with Crippen molar-refractivity contribution in [3.05, 3.63) is 35.6 Å². The predicted molar refractivity (Wildman–Crippen MR) is 116 cm³/mol. The molecule has 1 saturated heterocycles. The number of benzene rings is 1. The molecule has 0 saturated carbocycles. The molecule has 1 aromatic heterocycles. The number of nitrogens with one attached hydrogen (secondary N) is 2. The molecule has 30 heavy (non-hydrogen) atoms. The van der Waals surface area contributed by atoms with Crippen LogP contribution in [0.3, 0.4) is 0 Å². The number of urea groups is 1. The normalized spacial score (nSPS) is 14.5. The Labute approximate surface area is 202 Å². The molecule has 0 unspecified atom stereocenters. The van der Waals surface area contributed by atoms with Crippen LogP contribution in [-0.4, -0.2) is 80.2 Å². The van der Waals surface area contributed by atoms with Crippen LogP contribution >= 0.6 is 11.6 Å². The minimum absolute atomic E-state index is 0. The molecule has 2 heterocycles. The summed E-state index contributed by atoms with van der Waals surface area (Å²) in [6.07, 6.45) is 4.02. The van der Waals surface area contributed by atoms with E-state index in [4.69, 9.17) is 21.1 Å². The van der Waals surface area contributed by atoms with Gasteiger partial charge >= 0.3 is 45.8 Å². The van der Waals surface area contributed by atoms with Crippen LogP contribution in [0, 0.1) is 0 Å². The topological polar surface area (TPSA) is 115 Å². The molecule has 13 heteroatoms. The summed E-state index contributed by atoms with van der Waals surface area (Å²) in [6.45, 7) is 0.872. The van der Waals surface area contributed by atoms with Crippen molar-refractivity contribution in [2.24, 2.45) is 7.05 Å². The molecule has 1 aliphatic heterocycles. The first-order valence-corrected chi connectivity index (χ1v) is 10.6. The maximum atomic E-state index is 13.1. The van der Waals surface area contributed by atoms with E-state index in [-0.39, 0.29) is 35.6 Å². The van der Waals surface area contributed by atoms with E-state index < -0.39 is 16.2 Å². The van der Waals surface area contributed by atoms with Crippen molar-refractivity contribution >= 4 is 68.8 Å². The third-order valence-electron chi connectivity index (χ3n) is 4.31. The van der Waals surface area contributed by atoms with Crippen LogP contribution in [0.2, 0.25) is 5.02 Å². The van der Waals surface area contributed by atoms with Gasteiger partial charge in [0.1, 0.15) is 5.75 Å². The van der Waals surface area contributed by atoms with Crippen LogP contribution in [0.4, 0.5) is 16.2 Å².